The monoisotopic (exact) mass is 430 g/mol. The van der Waals surface area contributed by atoms with Gasteiger partial charge in [0.25, 0.3) is 5.91 Å². The second kappa shape index (κ2) is 10.3. The molecule has 4 heteroatoms. The fraction of sp³-hybridized carbons (Fsp3) is 0.429. The van der Waals surface area contributed by atoms with Crippen LogP contribution in [0.25, 0.3) is 22.2 Å². The minimum absolute atomic E-state index is 0.0102. The molecule has 0 spiro atoms. The van der Waals surface area contributed by atoms with E-state index in [1.807, 2.05) is 30.3 Å². The van der Waals surface area contributed by atoms with Crippen LogP contribution in [0.2, 0.25) is 0 Å². The molecular formula is C28H36N3O+. The van der Waals surface area contributed by atoms with Crippen molar-refractivity contribution >= 4 is 16.8 Å². The first-order valence-corrected chi connectivity index (χ1v) is 12.1. The SMILES string of the molecule is Cc1ccc(-c2cc(C(=O)NCCC[NH+](C)C3CCCCC3)c3ccccc3n2)cc1C. The van der Waals surface area contributed by atoms with E-state index in [0.717, 1.165) is 41.2 Å². The summed E-state index contributed by atoms with van der Waals surface area (Å²) >= 11 is 0. The highest BCUT2D eigenvalue weighted by Crippen LogP contribution is 2.26. The van der Waals surface area contributed by atoms with Gasteiger partial charge in [0.1, 0.15) is 0 Å². The van der Waals surface area contributed by atoms with Crippen molar-refractivity contribution in [1.82, 2.24) is 10.3 Å². The molecule has 1 aromatic heterocycles. The Hall–Kier alpha value is -2.72. The van der Waals surface area contributed by atoms with Crippen LogP contribution in [0.15, 0.2) is 48.5 Å². The lowest BCUT2D eigenvalue weighted by Crippen LogP contribution is -3.13. The van der Waals surface area contributed by atoms with Crippen LogP contribution in [0.5, 0.6) is 0 Å². The number of fused-ring (bicyclic) bond motifs is 1. The Kier molecular flexibility index (Phi) is 7.21. The zero-order chi connectivity index (χ0) is 22.5. The Morgan fingerprint density at radius 2 is 1.81 bits per heavy atom. The number of para-hydroxylation sites is 1. The predicted octanol–water partition coefficient (Wildman–Crippen LogP) is 4.49. The van der Waals surface area contributed by atoms with Gasteiger partial charge >= 0.3 is 0 Å². The predicted molar refractivity (Wildman–Crippen MR) is 132 cm³/mol. The van der Waals surface area contributed by atoms with Crippen LogP contribution in [0.3, 0.4) is 0 Å². The standard InChI is InChI=1S/C28H35N3O/c1-20-14-15-22(18-21(20)2)27-19-25(24-12-7-8-13-26(24)30-27)28(32)29-16-9-17-31(3)23-10-5-4-6-11-23/h7-8,12-15,18-19,23H,4-6,9-11,16-17H2,1-3H3,(H,29,32)/p+1. The molecule has 1 amide bonds. The summed E-state index contributed by atoms with van der Waals surface area (Å²) in [6.07, 6.45) is 7.84. The molecule has 0 saturated heterocycles. The minimum atomic E-state index is -0.0102. The van der Waals surface area contributed by atoms with Crippen LogP contribution < -0.4 is 10.2 Å². The molecule has 1 fully saturated rings. The van der Waals surface area contributed by atoms with Crippen molar-refractivity contribution in [3.05, 3.63) is 65.2 Å². The van der Waals surface area contributed by atoms with E-state index in [-0.39, 0.29) is 5.91 Å². The molecule has 1 aliphatic rings. The van der Waals surface area contributed by atoms with Crippen LogP contribution >= 0.6 is 0 Å². The van der Waals surface area contributed by atoms with Crippen molar-refractivity contribution in [3.8, 4) is 11.3 Å². The summed E-state index contributed by atoms with van der Waals surface area (Å²) < 4.78 is 0. The van der Waals surface area contributed by atoms with Crippen molar-refractivity contribution in [2.24, 2.45) is 0 Å². The van der Waals surface area contributed by atoms with Crippen LogP contribution in [0.4, 0.5) is 0 Å². The number of hydrogen-bond donors (Lipinski definition) is 2. The van der Waals surface area contributed by atoms with E-state index in [1.54, 1.807) is 4.90 Å². The van der Waals surface area contributed by atoms with Crippen LogP contribution in [0.1, 0.15) is 60.0 Å². The third-order valence-electron chi connectivity index (χ3n) is 7.10. The van der Waals surface area contributed by atoms with Crippen LogP contribution in [-0.4, -0.2) is 37.1 Å². The molecule has 2 aromatic carbocycles. The number of carbonyl (C=O) groups excluding carboxylic acids is 1. The van der Waals surface area contributed by atoms with E-state index in [2.05, 4.69) is 44.4 Å². The van der Waals surface area contributed by atoms with Gasteiger partial charge in [0.05, 0.1) is 36.4 Å². The van der Waals surface area contributed by atoms with E-state index in [0.29, 0.717) is 12.1 Å². The lowest BCUT2D eigenvalue weighted by Gasteiger charge is -2.28. The smallest absolute Gasteiger partial charge is 0.252 e. The lowest BCUT2D eigenvalue weighted by atomic mass is 9.94. The van der Waals surface area contributed by atoms with Gasteiger partial charge in [-0.2, -0.15) is 0 Å². The average Bonchev–Trinajstić information content (AvgIpc) is 2.83. The Bertz CT molecular complexity index is 1090. The average molecular weight is 431 g/mol. The summed E-state index contributed by atoms with van der Waals surface area (Å²) in [7, 11) is 2.31. The fourth-order valence-corrected chi connectivity index (χ4v) is 4.88. The summed E-state index contributed by atoms with van der Waals surface area (Å²) in [5.41, 5.74) is 5.94. The molecule has 3 aromatic rings. The molecule has 4 rings (SSSR count). The maximum absolute atomic E-state index is 13.2. The van der Waals surface area contributed by atoms with Gasteiger partial charge in [-0.15, -0.1) is 0 Å². The number of aromatic nitrogens is 1. The first-order chi connectivity index (χ1) is 15.5. The van der Waals surface area contributed by atoms with Crippen molar-refractivity contribution in [2.75, 3.05) is 20.1 Å². The number of nitrogens with one attached hydrogen (secondary N) is 2. The van der Waals surface area contributed by atoms with E-state index < -0.39 is 0 Å². The zero-order valence-electron chi connectivity index (χ0n) is 19.7. The molecule has 32 heavy (non-hydrogen) atoms. The van der Waals surface area contributed by atoms with Gasteiger partial charge in [-0.3, -0.25) is 4.79 Å². The molecule has 0 aliphatic heterocycles. The molecular weight excluding hydrogens is 394 g/mol. The largest absolute Gasteiger partial charge is 0.352 e. The van der Waals surface area contributed by atoms with Gasteiger partial charge in [-0.05, 0) is 68.9 Å². The highest BCUT2D eigenvalue weighted by atomic mass is 16.1. The third-order valence-corrected chi connectivity index (χ3v) is 7.10. The molecule has 1 aliphatic carbocycles. The third kappa shape index (κ3) is 5.18. The normalized spacial score (nSPS) is 15.6. The molecule has 1 saturated carbocycles. The first kappa shape index (κ1) is 22.5. The molecule has 0 radical (unpaired) electrons. The number of nitrogens with zero attached hydrogens (tertiary/aromatic N) is 1. The number of rotatable bonds is 7. The maximum Gasteiger partial charge on any atom is 0.252 e. The topological polar surface area (TPSA) is 46.4 Å². The summed E-state index contributed by atoms with van der Waals surface area (Å²) in [4.78, 5) is 19.6. The highest BCUT2D eigenvalue weighted by Gasteiger charge is 2.21. The number of quaternary nitrogens is 1. The summed E-state index contributed by atoms with van der Waals surface area (Å²) in [5.74, 6) is -0.0102. The van der Waals surface area contributed by atoms with Crippen LogP contribution in [0, 0.1) is 13.8 Å². The Balaban J connectivity index is 1.47. The summed E-state index contributed by atoms with van der Waals surface area (Å²) in [5, 5.41) is 4.07. The van der Waals surface area contributed by atoms with Crippen molar-refractivity contribution in [1.29, 1.82) is 0 Å². The van der Waals surface area contributed by atoms with Crippen molar-refractivity contribution < 1.29 is 9.69 Å². The number of hydrogen-bond acceptors (Lipinski definition) is 2. The molecule has 168 valence electrons. The first-order valence-electron chi connectivity index (χ1n) is 12.1. The zero-order valence-corrected chi connectivity index (χ0v) is 19.7. The highest BCUT2D eigenvalue weighted by molar-refractivity contribution is 6.07. The van der Waals surface area contributed by atoms with Gasteiger partial charge in [0, 0.05) is 23.9 Å². The molecule has 2 N–H and O–H groups in total. The molecule has 4 nitrogen and oxygen atoms in total. The quantitative estimate of drug-likeness (QED) is 0.543. The van der Waals surface area contributed by atoms with Crippen molar-refractivity contribution in [2.45, 2.75) is 58.4 Å². The van der Waals surface area contributed by atoms with E-state index in [1.165, 1.54) is 43.2 Å². The Labute approximate surface area is 192 Å². The number of amides is 1. The van der Waals surface area contributed by atoms with Gasteiger partial charge in [-0.25, -0.2) is 4.98 Å². The van der Waals surface area contributed by atoms with Crippen LogP contribution in [-0.2, 0) is 0 Å². The molecule has 1 unspecified atom stereocenters. The van der Waals surface area contributed by atoms with E-state index >= 15 is 0 Å². The second-order valence-corrected chi connectivity index (χ2v) is 9.41. The number of benzene rings is 2. The number of aryl methyl sites for hydroxylation is 2. The number of carbonyl (C=O) groups is 1. The summed E-state index contributed by atoms with van der Waals surface area (Å²) in [6, 6.07) is 17.0. The maximum atomic E-state index is 13.2. The van der Waals surface area contributed by atoms with Gasteiger partial charge in [0.15, 0.2) is 0 Å². The number of pyridine rings is 1. The van der Waals surface area contributed by atoms with Gasteiger partial charge in [-0.1, -0.05) is 36.8 Å². The second-order valence-electron chi connectivity index (χ2n) is 9.41. The van der Waals surface area contributed by atoms with E-state index in [4.69, 9.17) is 4.98 Å². The van der Waals surface area contributed by atoms with E-state index in [9.17, 15) is 4.79 Å². The molecule has 1 heterocycles. The molecule has 1 atom stereocenters. The van der Waals surface area contributed by atoms with Crippen molar-refractivity contribution in [3.63, 3.8) is 0 Å². The summed E-state index contributed by atoms with van der Waals surface area (Å²) in [6.45, 7) is 6.04. The lowest BCUT2D eigenvalue weighted by molar-refractivity contribution is -0.907. The van der Waals surface area contributed by atoms with Gasteiger partial charge < -0.3 is 10.2 Å². The van der Waals surface area contributed by atoms with Gasteiger partial charge in [0.2, 0.25) is 0 Å². The Morgan fingerprint density at radius 3 is 2.59 bits per heavy atom. The molecule has 0 bridgehead atoms. The fourth-order valence-electron chi connectivity index (χ4n) is 4.88. The minimum Gasteiger partial charge on any atom is -0.352 e. The Morgan fingerprint density at radius 1 is 1.03 bits per heavy atom.